The Bertz CT molecular complexity index is 391. The van der Waals surface area contributed by atoms with Gasteiger partial charge in [-0.3, -0.25) is 4.79 Å². The Balaban J connectivity index is 2.98. The second kappa shape index (κ2) is 5.25. The number of carbonyl (C=O) groups is 1. The minimum Gasteiger partial charge on any atom is -0.397 e. The molecular formula is C12H18N2OS. The zero-order chi connectivity index (χ0) is 12.3. The third-order valence-electron chi connectivity index (χ3n) is 2.58. The first-order valence-electron chi connectivity index (χ1n) is 5.28. The maximum atomic E-state index is 11.1. The normalized spacial score (nSPS) is 12.8. The average molecular weight is 238 g/mol. The molecule has 0 saturated heterocycles. The van der Waals surface area contributed by atoms with Crippen LogP contribution in [0.5, 0.6) is 0 Å². The summed E-state index contributed by atoms with van der Waals surface area (Å²) >= 11 is 1.68. The third-order valence-corrected chi connectivity index (χ3v) is 4.11. The summed E-state index contributed by atoms with van der Waals surface area (Å²) in [7, 11) is 0. The number of nitrogen functional groups attached to an aromatic ring is 1. The first-order valence-corrected chi connectivity index (χ1v) is 6.16. The van der Waals surface area contributed by atoms with E-state index in [1.807, 2.05) is 12.1 Å². The topological polar surface area (TPSA) is 69.1 Å². The molecule has 0 fully saturated rings. The van der Waals surface area contributed by atoms with Gasteiger partial charge in [-0.05, 0) is 18.1 Å². The molecular weight excluding hydrogens is 220 g/mol. The lowest BCUT2D eigenvalue weighted by atomic mass is 10.1. The van der Waals surface area contributed by atoms with Gasteiger partial charge in [0.2, 0.25) is 0 Å². The number of hydrogen-bond donors (Lipinski definition) is 2. The van der Waals surface area contributed by atoms with Gasteiger partial charge in [-0.1, -0.05) is 26.8 Å². The molecule has 1 rings (SSSR count). The summed E-state index contributed by atoms with van der Waals surface area (Å²) in [4.78, 5) is 12.1. The minimum atomic E-state index is -0.475. The number of primary amides is 1. The molecule has 0 aliphatic rings. The Kier molecular flexibility index (Phi) is 4.24. The number of nitrogens with two attached hydrogens (primary N) is 2. The molecule has 4 N–H and O–H groups in total. The van der Waals surface area contributed by atoms with Gasteiger partial charge in [0, 0.05) is 10.1 Å². The van der Waals surface area contributed by atoms with Crippen LogP contribution < -0.4 is 11.5 Å². The fourth-order valence-corrected chi connectivity index (χ4v) is 2.26. The molecule has 0 bridgehead atoms. The molecule has 4 heteroatoms. The van der Waals surface area contributed by atoms with E-state index in [1.165, 1.54) is 0 Å². The van der Waals surface area contributed by atoms with Crippen molar-refractivity contribution >= 4 is 23.4 Å². The number of carbonyl (C=O) groups excluding carboxylic acids is 1. The molecule has 1 atom stereocenters. The molecule has 1 unspecified atom stereocenters. The van der Waals surface area contributed by atoms with Crippen molar-refractivity contribution < 1.29 is 4.79 Å². The lowest BCUT2D eigenvalue weighted by Crippen LogP contribution is -2.14. The number of para-hydroxylation sites is 1. The molecule has 1 aromatic rings. The van der Waals surface area contributed by atoms with Gasteiger partial charge in [0.05, 0.1) is 11.3 Å². The van der Waals surface area contributed by atoms with E-state index in [0.717, 1.165) is 4.90 Å². The van der Waals surface area contributed by atoms with Crippen molar-refractivity contribution in [3.63, 3.8) is 0 Å². The molecule has 0 aromatic heterocycles. The van der Waals surface area contributed by atoms with Crippen molar-refractivity contribution in [2.45, 2.75) is 30.9 Å². The van der Waals surface area contributed by atoms with Crippen LogP contribution in [-0.2, 0) is 0 Å². The summed E-state index contributed by atoms with van der Waals surface area (Å²) in [5.74, 6) is 0.0822. The van der Waals surface area contributed by atoms with Crippen LogP contribution in [0.2, 0.25) is 0 Å². The monoisotopic (exact) mass is 238 g/mol. The number of benzene rings is 1. The van der Waals surface area contributed by atoms with Crippen LogP contribution in [0.25, 0.3) is 0 Å². The van der Waals surface area contributed by atoms with E-state index in [1.54, 1.807) is 17.8 Å². The Labute approximate surface area is 101 Å². The highest BCUT2D eigenvalue weighted by atomic mass is 32.2. The van der Waals surface area contributed by atoms with Gasteiger partial charge < -0.3 is 11.5 Å². The van der Waals surface area contributed by atoms with Crippen molar-refractivity contribution in [1.82, 2.24) is 0 Å². The number of thioether (sulfide) groups is 1. The lowest BCUT2D eigenvalue weighted by molar-refractivity contribution is 0.100. The predicted molar refractivity (Wildman–Crippen MR) is 69.5 cm³/mol. The van der Waals surface area contributed by atoms with Crippen molar-refractivity contribution in [1.29, 1.82) is 0 Å². The Morgan fingerprint density at radius 3 is 2.44 bits per heavy atom. The SMILES string of the molecule is CC(C)C(C)Sc1cccc(C(N)=O)c1N. The summed E-state index contributed by atoms with van der Waals surface area (Å²) in [5, 5.41) is 0.449. The highest BCUT2D eigenvalue weighted by molar-refractivity contribution is 8.00. The minimum absolute atomic E-state index is 0.404. The zero-order valence-corrected chi connectivity index (χ0v) is 10.7. The van der Waals surface area contributed by atoms with E-state index < -0.39 is 5.91 Å². The van der Waals surface area contributed by atoms with Crippen molar-refractivity contribution in [2.75, 3.05) is 5.73 Å². The van der Waals surface area contributed by atoms with E-state index in [2.05, 4.69) is 20.8 Å². The van der Waals surface area contributed by atoms with Crippen molar-refractivity contribution in [3.05, 3.63) is 23.8 Å². The Morgan fingerprint density at radius 2 is 1.94 bits per heavy atom. The molecule has 0 saturated carbocycles. The van der Waals surface area contributed by atoms with E-state index in [-0.39, 0.29) is 0 Å². The first-order chi connectivity index (χ1) is 7.43. The van der Waals surface area contributed by atoms with E-state index >= 15 is 0 Å². The molecule has 1 amide bonds. The summed E-state index contributed by atoms with van der Waals surface area (Å²) in [5.41, 5.74) is 12.1. The van der Waals surface area contributed by atoms with Crippen LogP contribution in [0.3, 0.4) is 0 Å². The maximum Gasteiger partial charge on any atom is 0.250 e. The standard InChI is InChI=1S/C12H18N2OS/c1-7(2)8(3)16-10-6-4-5-9(11(10)13)12(14)15/h4-8H,13H2,1-3H3,(H2,14,15). The molecule has 0 spiro atoms. The van der Waals surface area contributed by atoms with Gasteiger partial charge in [0.25, 0.3) is 5.91 Å². The number of hydrogen-bond acceptors (Lipinski definition) is 3. The van der Waals surface area contributed by atoms with Gasteiger partial charge in [0.1, 0.15) is 0 Å². The van der Waals surface area contributed by atoms with Crippen LogP contribution in [0.15, 0.2) is 23.1 Å². The summed E-state index contributed by atoms with van der Waals surface area (Å²) in [6.07, 6.45) is 0. The molecule has 3 nitrogen and oxygen atoms in total. The molecule has 0 aliphatic carbocycles. The number of rotatable bonds is 4. The largest absolute Gasteiger partial charge is 0.397 e. The van der Waals surface area contributed by atoms with Crippen LogP contribution >= 0.6 is 11.8 Å². The van der Waals surface area contributed by atoms with Gasteiger partial charge in [0.15, 0.2) is 0 Å². The van der Waals surface area contributed by atoms with E-state index in [4.69, 9.17) is 11.5 Å². The fraction of sp³-hybridized carbons (Fsp3) is 0.417. The molecule has 88 valence electrons. The van der Waals surface area contributed by atoms with Gasteiger partial charge in [-0.25, -0.2) is 0 Å². The quantitative estimate of drug-likeness (QED) is 0.625. The highest BCUT2D eigenvalue weighted by Crippen LogP contribution is 2.33. The second-order valence-corrected chi connectivity index (χ2v) is 5.57. The smallest absolute Gasteiger partial charge is 0.250 e. The van der Waals surface area contributed by atoms with E-state index in [9.17, 15) is 4.79 Å². The van der Waals surface area contributed by atoms with Gasteiger partial charge >= 0.3 is 0 Å². The molecule has 0 aliphatic heterocycles. The Hall–Kier alpha value is -1.16. The summed E-state index contributed by atoms with van der Waals surface area (Å²) < 4.78 is 0. The average Bonchev–Trinajstić information content (AvgIpc) is 2.20. The fourth-order valence-electron chi connectivity index (χ4n) is 1.20. The van der Waals surface area contributed by atoms with Crippen LogP contribution in [0.1, 0.15) is 31.1 Å². The van der Waals surface area contributed by atoms with Gasteiger partial charge in [-0.2, -0.15) is 0 Å². The zero-order valence-electron chi connectivity index (χ0n) is 9.86. The van der Waals surface area contributed by atoms with Crippen molar-refractivity contribution in [3.8, 4) is 0 Å². The second-order valence-electron chi connectivity index (χ2n) is 4.15. The third kappa shape index (κ3) is 2.92. The highest BCUT2D eigenvalue weighted by Gasteiger charge is 2.14. The predicted octanol–water partition coefficient (Wildman–Crippen LogP) is 2.50. The summed E-state index contributed by atoms with van der Waals surface area (Å²) in [6, 6.07) is 5.39. The van der Waals surface area contributed by atoms with Crippen LogP contribution in [-0.4, -0.2) is 11.2 Å². The molecule has 16 heavy (non-hydrogen) atoms. The van der Waals surface area contributed by atoms with Crippen LogP contribution in [0.4, 0.5) is 5.69 Å². The molecule has 0 radical (unpaired) electrons. The van der Waals surface area contributed by atoms with Crippen molar-refractivity contribution in [2.24, 2.45) is 11.7 Å². The summed E-state index contributed by atoms with van der Waals surface area (Å²) in [6.45, 7) is 6.46. The van der Waals surface area contributed by atoms with E-state index in [0.29, 0.717) is 22.4 Å². The number of amides is 1. The lowest BCUT2D eigenvalue weighted by Gasteiger charge is -2.16. The first kappa shape index (κ1) is 12.9. The Morgan fingerprint density at radius 1 is 1.31 bits per heavy atom. The molecule has 0 heterocycles. The van der Waals surface area contributed by atoms with Gasteiger partial charge in [-0.15, -0.1) is 11.8 Å². The molecule has 1 aromatic carbocycles. The number of anilines is 1. The maximum absolute atomic E-state index is 11.1. The van der Waals surface area contributed by atoms with Crippen LogP contribution in [0, 0.1) is 5.92 Å².